The molecule has 0 heterocycles. The molecular weight excluding hydrogens is 592 g/mol. The largest absolute Gasteiger partial charge is 0.461 e. The van der Waals surface area contributed by atoms with Crippen LogP contribution in [0.5, 0.6) is 0 Å². The lowest BCUT2D eigenvalue weighted by molar-refractivity contribution is -0.149. The number of esters is 1. The van der Waals surface area contributed by atoms with E-state index < -0.39 is 41.6 Å². The Morgan fingerprint density at radius 1 is 0.830 bits per heavy atom. The molecule has 8 nitrogen and oxygen atoms in total. The van der Waals surface area contributed by atoms with Crippen molar-refractivity contribution < 1.29 is 28.7 Å². The molecule has 250 valence electrons. The van der Waals surface area contributed by atoms with Crippen molar-refractivity contribution >= 4 is 40.1 Å². The second-order valence-corrected chi connectivity index (χ2v) is 13.4. The maximum absolute atomic E-state index is 13.7. The molecule has 0 bridgehead atoms. The van der Waals surface area contributed by atoms with Crippen LogP contribution in [0.4, 0.5) is 0 Å². The number of rotatable bonds is 18. The first-order chi connectivity index (χ1) is 22.5. The van der Waals surface area contributed by atoms with Gasteiger partial charge in [-0.25, -0.2) is 0 Å². The van der Waals surface area contributed by atoms with Gasteiger partial charge >= 0.3 is 5.97 Å². The molecule has 0 radical (unpaired) electrons. The fourth-order valence-corrected chi connectivity index (χ4v) is 5.79. The van der Waals surface area contributed by atoms with Gasteiger partial charge in [-0.05, 0) is 65.3 Å². The number of ether oxygens (including phenoxy) is 1. The van der Waals surface area contributed by atoms with E-state index in [2.05, 4.69) is 10.6 Å². The first-order valence-corrected chi connectivity index (χ1v) is 16.9. The summed E-state index contributed by atoms with van der Waals surface area (Å²) in [6.45, 7) is 7.68. The molecule has 3 aromatic rings. The number of fused-ring (bicyclic) bond motifs is 1. The Kier molecular flexibility index (Phi) is 12.9. The van der Waals surface area contributed by atoms with Gasteiger partial charge in [-0.15, -0.1) is 0 Å². The summed E-state index contributed by atoms with van der Waals surface area (Å²) in [5, 5.41) is 7.65. The van der Waals surface area contributed by atoms with Crippen LogP contribution >= 0.6 is 0 Å². The highest BCUT2D eigenvalue weighted by Gasteiger charge is 2.36. The Labute approximate surface area is 278 Å². The number of carbonyl (C=O) groups is 5. The maximum atomic E-state index is 13.7. The fourth-order valence-electron chi connectivity index (χ4n) is 5.79. The average Bonchev–Trinajstić information content (AvgIpc) is 3.89. The van der Waals surface area contributed by atoms with Crippen molar-refractivity contribution in [3.05, 3.63) is 83.9 Å². The summed E-state index contributed by atoms with van der Waals surface area (Å²) in [5.41, 5.74) is 1.72. The Hall–Kier alpha value is -4.33. The fraction of sp³-hybridized carbons (Fsp3) is 0.462. The quantitative estimate of drug-likeness (QED) is 0.128. The van der Waals surface area contributed by atoms with Crippen molar-refractivity contribution in [3.63, 3.8) is 0 Å². The van der Waals surface area contributed by atoms with E-state index >= 15 is 0 Å². The number of Topliss-reactive ketones (excluding diaryl/α,β-unsaturated/α-hetero) is 2. The lowest BCUT2D eigenvalue weighted by Gasteiger charge is -2.27. The van der Waals surface area contributed by atoms with Gasteiger partial charge in [0.15, 0.2) is 5.78 Å². The van der Waals surface area contributed by atoms with E-state index in [1.54, 1.807) is 6.92 Å². The summed E-state index contributed by atoms with van der Waals surface area (Å²) in [5.74, 6) is -3.45. The van der Waals surface area contributed by atoms with Crippen LogP contribution in [0.1, 0.15) is 77.3 Å². The first-order valence-electron chi connectivity index (χ1n) is 16.9. The van der Waals surface area contributed by atoms with Crippen LogP contribution in [0.15, 0.2) is 72.8 Å². The van der Waals surface area contributed by atoms with Crippen LogP contribution in [0, 0.1) is 23.7 Å². The molecule has 2 N–H and O–H groups in total. The molecule has 47 heavy (non-hydrogen) atoms. The standard InChI is InChI=1S/C39H48N2O6/c1-5-26(4)36(41-38(45)32(19-25(2)3)23-35(43)47-24-28-11-7-6-8-12-28)37(44)39(46)40-33(34(42)22-27-15-16-27)21-29-17-18-30-13-9-10-14-31(30)20-29/h6-14,17-18,20,25-27,32-33,36H,5,15-16,19,21-24H2,1-4H3,(H,40,46)(H,41,45). The number of ketones is 2. The number of hydrogen-bond donors (Lipinski definition) is 2. The molecular formula is C39H48N2O6. The highest BCUT2D eigenvalue weighted by atomic mass is 16.5. The topological polar surface area (TPSA) is 119 Å². The predicted octanol–water partition coefficient (Wildman–Crippen LogP) is 6.13. The summed E-state index contributed by atoms with van der Waals surface area (Å²) in [6, 6.07) is 21.2. The number of benzene rings is 3. The van der Waals surface area contributed by atoms with Crippen molar-refractivity contribution in [2.45, 2.75) is 91.3 Å². The lowest BCUT2D eigenvalue weighted by atomic mass is 9.90. The molecule has 0 aromatic heterocycles. The van der Waals surface area contributed by atoms with Gasteiger partial charge in [0.25, 0.3) is 5.91 Å². The van der Waals surface area contributed by atoms with Gasteiger partial charge in [-0.1, -0.05) is 107 Å². The molecule has 4 unspecified atom stereocenters. The summed E-state index contributed by atoms with van der Waals surface area (Å²) in [7, 11) is 0. The molecule has 1 aliphatic rings. The van der Waals surface area contributed by atoms with Gasteiger partial charge < -0.3 is 15.4 Å². The van der Waals surface area contributed by atoms with Gasteiger partial charge in [-0.2, -0.15) is 0 Å². The van der Waals surface area contributed by atoms with Crippen molar-refractivity contribution in [1.82, 2.24) is 10.6 Å². The van der Waals surface area contributed by atoms with Crippen LogP contribution in [-0.4, -0.2) is 41.4 Å². The van der Waals surface area contributed by atoms with Crippen LogP contribution in [-0.2, 0) is 41.7 Å². The summed E-state index contributed by atoms with van der Waals surface area (Å²) < 4.78 is 5.44. The Morgan fingerprint density at radius 2 is 1.51 bits per heavy atom. The van der Waals surface area contributed by atoms with Crippen molar-refractivity contribution in [2.24, 2.45) is 23.7 Å². The molecule has 8 heteroatoms. The van der Waals surface area contributed by atoms with Crippen LogP contribution in [0.2, 0.25) is 0 Å². The number of hydrogen-bond acceptors (Lipinski definition) is 6. The number of nitrogens with one attached hydrogen (secondary N) is 2. The molecule has 1 aliphatic carbocycles. The van der Waals surface area contributed by atoms with Gasteiger partial charge in [0, 0.05) is 12.3 Å². The molecule has 0 spiro atoms. The zero-order chi connectivity index (χ0) is 33.9. The minimum atomic E-state index is -1.11. The third kappa shape index (κ3) is 10.9. The molecule has 0 saturated heterocycles. The Bertz CT molecular complexity index is 1550. The lowest BCUT2D eigenvalue weighted by Crippen LogP contribution is -2.54. The SMILES string of the molecule is CCC(C)C(NC(=O)C(CC(=O)OCc1ccccc1)CC(C)C)C(=O)C(=O)NC(Cc1ccc2ccccc2c1)C(=O)CC1CC1. The maximum Gasteiger partial charge on any atom is 0.306 e. The van der Waals surface area contributed by atoms with E-state index in [0.29, 0.717) is 25.2 Å². The predicted molar refractivity (Wildman–Crippen MR) is 182 cm³/mol. The molecule has 1 saturated carbocycles. The van der Waals surface area contributed by atoms with Gasteiger partial charge in [-0.3, -0.25) is 24.0 Å². The van der Waals surface area contributed by atoms with E-state index in [-0.39, 0.29) is 37.1 Å². The van der Waals surface area contributed by atoms with Crippen molar-refractivity contribution in [2.75, 3.05) is 0 Å². The summed E-state index contributed by atoms with van der Waals surface area (Å²) in [4.78, 5) is 66.9. The van der Waals surface area contributed by atoms with E-state index in [1.165, 1.54) is 0 Å². The van der Waals surface area contributed by atoms with Gasteiger partial charge in [0.1, 0.15) is 6.61 Å². The molecule has 4 rings (SSSR count). The molecule has 0 aliphatic heterocycles. The minimum absolute atomic E-state index is 0.0991. The van der Waals surface area contributed by atoms with Crippen molar-refractivity contribution in [1.29, 1.82) is 0 Å². The normalized spacial score (nSPS) is 15.3. The van der Waals surface area contributed by atoms with E-state index in [4.69, 9.17) is 4.74 Å². The van der Waals surface area contributed by atoms with Crippen LogP contribution in [0.25, 0.3) is 10.8 Å². The highest BCUT2D eigenvalue weighted by Crippen LogP contribution is 2.33. The third-order valence-electron chi connectivity index (χ3n) is 8.93. The van der Waals surface area contributed by atoms with E-state index in [1.807, 2.05) is 93.6 Å². The zero-order valence-corrected chi connectivity index (χ0v) is 28.0. The van der Waals surface area contributed by atoms with Gasteiger partial charge in [0.2, 0.25) is 11.7 Å². The van der Waals surface area contributed by atoms with E-state index in [9.17, 15) is 24.0 Å². The monoisotopic (exact) mass is 640 g/mol. The molecule has 4 atom stereocenters. The second-order valence-electron chi connectivity index (χ2n) is 13.4. The smallest absolute Gasteiger partial charge is 0.306 e. The highest BCUT2D eigenvalue weighted by molar-refractivity contribution is 6.39. The van der Waals surface area contributed by atoms with Crippen LogP contribution < -0.4 is 10.6 Å². The zero-order valence-electron chi connectivity index (χ0n) is 28.0. The summed E-state index contributed by atoms with van der Waals surface area (Å²) in [6.07, 6.45) is 3.38. The Morgan fingerprint density at radius 3 is 2.17 bits per heavy atom. The first kappa shape index (κ1) is 35.5. The minimum Gasteiger partial charge on any atom is -0.461 e. The molecule has 3 aromatic carbocycles. The summed E-state index contributed by atoms with van der Waals surface area (Å²) >= 11 is 0. The Balaban J connectivity index is 1.45. The van der Waals surface area contributed by atoms with Gasteiger partial charge in [0.05, 0.1) is 18.5 Å². The second kappa shape index (κ2) is 17.0. The van der Waals surface area contributed by atoms with Crippen molar-refractivity contribution in [3.8, 4) is 0 Å². The number of amides is 2. The van der Waals surface area contributed by atoms with Crippen LogP contribution in [0.3, 0.4) is 0 Å². The molecule has 2 amide bonds. The molecule has 1 fully saturated rings. The van der Waals surface area contributed by atoms with E-state index in [0.717, 1.165) is 34.7 Å². The third-order valence-corrected chi connectivity index (χ3v) is 8.93. The average molecular weight is 641 g/mol. The number of carbonyl (C=O) groups excluding carboxylic acids is 5.